The summed E-state index contributed by atoms with van der Waals surface area (Å²) >= 11 is 11.8. The Bertz CT molecular complexity index is 583. The van der Waals surface area contributed by atoms with E-state index in [0.717, 1.165) is 25.9 Å². The first-order chi connectivity index (χ1) is 9.97. The summed E-state index contributed by atoms with van der Waals surface area (Å²) in [6.45, 7) is 1.61. The molecule has 1 saturated carbocycles. The normalized spacial score (nSPS) is 23.0. The van der Waals surface area contributed by atoms with Crippen LogP contribution in [0.25, 0.3) is 0 Å². The van der Waals surface area contributed by atoms with Crippen molar-refractivity contribution in [3.63, 3.8) is 0 Å². The molecule has 0 radical (unpaired) electrons. The van der Waals surface area contributed by atoms with E-state index in [-0.39, 0.29) is 17.7 Å². The number of carbonyl (C=O) groups is 2. The molecule has 4 nitrogen and oxygen atoms in total. The smallest absolute Gasteiger partial charge is 0.253 e. The molecule has 1 aromatic rings. The number of hydrogen-bond acceptors (Lipinski definition) is 2. The van der Waals surface area contributed by atoms with E-state index in [0.29, 0.717) is 17.7 Å². The highest BCUT2D eigenvalue weighted by atomic mass is 35.5. The lowest BCUT2D eigenvalue weighted by Crippen LogP contribution is -2.27. The first kappa shape index (κ1) is 14.7. The Morgan fingerprint density at radius 2 is 1.90 bits per heavy atom. The number of likely N-dealkylation sites (tertiary alicyclic amines) is 1. The summed E-state index contributed by atoms with van der Waals surface area (Å²) in [7, 11) is 0. The van der Waals surface area contributed by atoms with E-state index < -0.39 is 4.33 Å². The summed E-state index contributed by atoms with van der Waals surface area (Å²) in [4.78, 5) is 26.1. The molecule has 1 aromatic carbocycles. The number of hydrogen-bond donors (Lipinski definition) is 1. The quantitative estimate of drug-likeness (QED) is 0.868. The van der Waals surface area contributed by atoms with Crippen LogP contribution in [0.5, 0.6) is 0 Å². The summed E-state index contributed by atoms with van der Waals surface area (Å²) in [5, 5.41) is 2.77. The summed E-state index contributed by atoms with van der Waals surface area (Å²) in [5.74, 6) is -0.566. The molecule has 112 valence electrons. The fourth-order valence-corrected chi connectivity index (χ4v) is 3.07. The number of halogens is 2. The Labute approximate surface area is 133 Å². The number of nitrogens with one attached hydrogen (secondary N) is 1. The first-order valence-electron chi connectivity index (χ1n) is 7.05. The van der Waals surface area contributed by atoms with Crippen LogP contribution in [0.4, 0.5) is 5.69 Å². The molecule has 1 saturated heterocycles. The zero-order chi connectivity index (χ0) is 15.0. The van der Waals surface area contributed by atoms with Crippen LogP contribution in [0.3, 0.4) is 0 Å². The highest BCUT2D eigenvalue weighted by Gasteiger charge is 2.56. The molecule has 3 rings (SSSR count). The summed E-state index contributed by atoms with van der Waals surface area (Å²) < 4.78 is -0.937. The van der Waals surface area contributed by atoms with Crippen LogP contribution in [0.1, 0.15) is 29.6 Å². The van der Waals surface area contributed by atoms with Gasteiger partial charge in [-0.2, -0.15) is 0 Å². The third-order valence-electron chi connectivity index (χ3n) is 3.91. The number of rotatable bonds is 3. The molecule has 1 unspecified atom stereocenters. The number of carbonyl (C=O) groups excluding carboxylic acids is 2. The van der Waals surface area contributed by atoms with Gasteiger partial charge < -0.3 is 10.2 Å². The van der Waals surface area contributed by atoms with Crippen molar-refractivity contribution in [3.8, 4) is 0 Å². The van der Waals surface area contributed by atoms with Gasteiger partial charge in [-0.25, -0.2) is 0 Å². The van der Waals surface area contributed by atoms with Crippen LogP contribution in [0, 0.1) is 5.92 Å². The van der Waals surface area contributed by atoms with Gasteiger partial charge in [-0.3, -0.25) is 9.59 Å². The Morgan fingerprint density at radius 3 is 2.52 bits per heavy atom. The number of benzene rings is 1. The van der Waals surface area contributed by atoms with Crippen molar-refractivity contribution in [2.24, 2.45) is 5.92 Å². The first-order valence-corrected chi connectivity index (χ1v) is 7.81. The molecule has 1 aliphatic heterocycles. The zero-order valence-electron chi connectivity index (χ0n) is 11.4. The van der Waals surface area contributed by atoms with Gasteiger partial charge in [0.05, 0.1) is 5.92 Å². The van der Waals surface area contributed by atoms with Gasteiger partial charge in [0.15, 0.2) is 0 Å². The van der Waals surface area contributed by atoms with Gasteiger partial charge >= 0.3 is 0 Å². The maximum atomic E-state index is 12.3. The summed E-state index contributed by atoms with van der Waals surface area (Å²) in [6, 6.07) is 6.98. The van der Waals surface area contributed by atoms with E-state index in [4.69, 9.17) is 23.2 Å². The molecule has 0 bridgehead atoms. The predicted molar refractivity (Wildman–Crippen MR) is 82.8 cm³/mol. The SMILES string of the molecule is O=C(Nc1cccc(C(=O)N2CCCC2)c1)C1CC1(Cl)Cl. The van der Waals surface area contributed by atoms with Crippen molar-refractivity contribution in [2.75, 3.05) is 18.4 Å². The maximum absolute atomic E-state index is 12.3. The predicted octanol–water partition coefficient (Wildman–Crippen LogP) is 3.05. The lowest BCUT2D eigenvalue weighted by molar-refractivity contribution is -0.117. The van der Waals surface area contributed by atoms with Crippen LogP contribution in [-0.2, 0) is 4.79 Å². The van der Waals surface area contributed by atoms with Crippen LogP contribution in [-0.4, -0.2) is 34.1 Å². The number of alkyl halides is 2. The van der Waals surface area contributed by atoms with Gasteiger partial charge in [-0.1, -0.05) is 6.07 Å². The molecule has 1 heterocycles. The van der Waals surface area contributed by atoms with Crippen molar-refractivity contribution in [1.82, 2.24) is 4.90 Å². The van der Waals surface area contributed by atoms with Gasteiger partial charge in [0.2, 0.25) is 5.91 Å². The van der Waals surface area contributed by atoms with E-state index in [1.807, 2.05) is 4.90 Å². The van der Waals surface area contributed by atoms with Gasteiger partial charge in [0, 0.05) is 24.3 Å². The lowest BCUT2D eigenvalue weighted by atomic mass is 10.1. The van der Waals surface area contributed by atoms with Gasteiger partial charge in [0.1, 0.15) is 4.33 Å². The molecule has 2 fully saturated rings. The van der Waals surface area contributed by atoms with E-state index in [1.165, 1.54) is 0 Å². The number of amides is 2. The molecule has 6 heteroatoms. The zero-order valence-corrected chi connectivity index (χ0v) is 13.0. The highest BCUT2D eigenvalue weighted by Crippen LogP contribution is 2.53. The largest absolute Gasteiger partial charge is 0.339 e. The number of anilines is 1. The number of nitrogens with zero attached hydrogens (tertiary/aromatic N) is 1. The Morgan fingerprint density at radius 1 is 1.24 bits per heavy atom. The minimum atomic E-state index is -0.937. The fraction of sp³-hybridized carbons (Fsp3) is 0.467. The van der Waals surface area contributed by atoms with Crippen molar-refractivity contribution < 1.29 is 9.59 Å². The van der Waals surface area contributed by atoms with Crippen LogP contribution in [0.2, 0.25) is 0 Å². The third-order valence-corrected chi connectivity index (χ3v) is 4.75. The molecule has 1 N–H and O–H groups in total. The van der Waals surface area contributed by atoms with Crippen molar-refractivity contribution >= 4 is 40.7 Å². The topological polar surface area (TPSA) is 49.4 Å². The molecule has 0 spiro atoms. The second kappa shape index (κ2) is 5.50. The minimum Gasteiger partial charge on any atom is -0.339 e. The Balaban J connectivity index is 1.68. The highest BCUT2D eigenvalue weighted by molar-refractivity contribution is 6.52. The molecule has 0 aromatic heterocycles. The van der Waals surface area contributed by atoms with Gasteiger partial charge in [0.25, 0.3) is 5.91 Å². The summed E-state index contributed by atoms with van der Waals surface area (Å²) in [5.41, 5.74) is 1.19. The molecule has 2 aliphatic rings. The average Bonchev–Trinajstić information content (AvgIpc) is 2.89. The van der Waals surface area contributed by atoms with Crippen LogP contribution >= 0.6 is 23.2 Å². The Hall–Kier alpha value is -1.26. The monoisotopic (exact) mass is 326 g/mol. The van der Waals surface area contributed by atoms with Crippen molar-refractivity contribution in [1.29, 1.82) is 0 Å². The van der Waals surface area contributed by atoms with Gasteiger partial charge in [-0.15, -0.1) is 23.2 Å². The second-order valence-electron chi connectivity index (χ2n) is 5.59. The fourth-order valence-electron chi connectivity index (χ4n) is 2.56. The molecular formula is C15H16Cl2N2O2. The van der Waals surface area contributed by atoms with E-state index in [2.05, 4.69) is 5.32 Å². The molecule has 1 atom stereocenters. The Kier molecular flexibility index (Phi) is 3.84. The summed E-state index contributed by atoms with van der Waals surface area (Å²) in [6.07, 6.45) is 2.57. The average molecular weight is 327 g/mol. The van der Waals surface area contributed by atoms with Crippen molar-refractivity contribution in [2.45, 2.75) is 23.6 Å². The van der Waals surface area contributed by atoms with Crippen LogP contribution in [0.15, 0.2) is 24.3 Å². The second-order valence-corrected chi connectivity index (χ2v) is 7.13. The maximum Gasteiger partial charge on any atom is 0.253 e. The van der Waals surface area contributed by atoms with Gasteiger partial charge in [-0.05, 0) is 37.5 Å². The molecule has 1 aliphatic carbocycles. The molecule has 2 amide bonds. The van der Waals surface area contributed by atoms with Crippen LogP contribution < -0.4 is 5.32 Å². The third kappa shape index (κ3) is 3.16. The minimum absolute atomic E-state index is 0.0130. The van der Waals surface area contributed by atoms with Crippen molar-refractivity contribution in [3.05, 3.63) is 29.8 Å². The molecular weight excluding hydrogens is 311 g/mol. The standard InChI is InChI=1S/C15H16Cl2N2O2/c16-15(17)9-12(15)13(20)18-11-5-3-4-10(8-11)14(21)19-6-1-2-7-19/h3-5,8,12H,1-2,6-7,9H2,(H,18,20). The van der Waals surface area contributed by atoms with E-state index >= 15 is 0 Å². The van der Waals surface area contributed by atoms with E-state index in [9.17, 15) is 9.59 Å². The lowest BCUT2D eigenvalue weighted by Gasteiger charge is -2.15. The molecule has 21 heavy (non-hydrogen) atoms. The van der Waals surface area contributed by atoms with E-state index in [1.54, 1.807) is 24.3 Å².